The van der Waals surface area contributed by atoms with E-state index in [4.69, 9.17) is 0 Å². The van der Waals surface area contributed by atoms with Crippen LogP contribution in [0.15, 0.2) is 16.8 Å². The summed E-state index contributed by atoms with van der Waals surface area (Å²) in [7, 11) is 0. The second-order valence-corrected chi connectivity index (χ2v) is 6.44. The Bertz CT molecular complexity index is 477. The van der Waals surface area contributed by atoms with Crippen molar-refractivity contribution >= 4 is 23.2 Å². The summed E-state index contributed by atoms with van der Waals surface area (Å²) in [5, 5.41) is 6.75. The van der Waals surface area contributed by atoms with E-state index in [0.29, 0.717) is 6.54 Å². The Balaban J connectivity index is 2.34. The molecular weight excluding hydrogens is 248 g/mol. The van der Waals surface area contributed by atoms with Crippen LogP contribution >= 0.6 is 11.3 Å². The molecule has 2 heterocycles. The van der Waals surface area contributed by atoms with Gasteiger partial charge < -0.3 is 10.2 Å². The van der Waals surface area contributed by atoms with Crippen LogP contribution in [0.25, 0.3) is 0 Å². The van der Waals surface area contributed by atoms with E-state index in [1.54, 1.807) is 43.9 Å². The zero-order valence-corrected chi connectivity index (χ0v) is 11.9. The van der Waals surface area contributed by atoms with E-state index in [2.05, 4.69) is 5.32 Å². The summed E-state index contributed by atoms with van der Waals surface area (Å²) in [6.45, 7) is 7.52. The van der Waals surface area contributed by atoms with Gasteiger partial charge in [-0.3, -0.25) is 9.59 Å². The standard InChI is InChI=1S/C13H18N2O2S/c1-12(2)11(17)15(7-9-5-6-18-8-9)13(3,4)10(16)14-12/h5-6,8H,7H2,1-4H3,(H,14,16). The van der Waals surface area contributed by atoms with Crippen molar-refractivity contribution < 1.29 is 9.59 Å². The number of nitrogens with zero attached hydrogens (tertiary/aromatic N) is 1. The van der Waals surface area contributed by atoms with Crippen molar-refractivity contribution in [1.29, 1.82) is 0 Å². The molecular formula is C13H18N2O2S. The molecule has 1 fully saturated rings. The zero-order chi connectivity index (χ0) is 13.6. The van der Waals surface area contributed by atoms with Gasteiger partial charge in [-0.25, -0.2) is 0 Å². The summed E-state index contributed by atoms with van der Waals surface area (Å²) < 4.78 is 0. The van der Waals surface area contributed by atoms with Gasteiger partial charge in [0.2, 0.25) is 11.8 Å². The maximum Gasteiger partial charge on any atom is 0.248 e. The minimum absolute atomic E-state index is 0.0432. The summed E-state index contributed by atoms with van der Waals surface area (Å²) in [6, 6.07) is 1.98. The maximum atomic E-state index is 12.4. The van der Waals surface area contributed by atoms with Gasteiger partial charge in [0.15, 0.2) is 0 Å². The summed E-state index contributed by atoms with van der Waals surface area (Å²) in [5.41, 5.74) is -0.580. The highest BCUT2D eigenvalue weighted by molar-refractivity contribution is 7.07. The SMILES string of the molecule is CC1(C)NC(=O)C(C)(C)N(Cc2ccsc2)C1=O. The summed E-state index contributed by atoms with van der Waals surface area (Å²) >= 11 is 1.59. The number of nitrogens with one attached hydrogen (secondary N) is 1. The average Bonchev–Trinajstić information content (AvgIpc) is 2.75. The predicted molar refractivity (Wildman–Crippen MR) is 71.2 cm³/mol. The Morgan fingerprint density at radius 3 is 2.50 bits per heavy atom. The van der Waals surface area contributed by atoms with Crippen LogP contribution < -0.4 is 5.32 Å². The van der Waals surface area contributed by atoms with Gasteiger partial charge >= 0.3 is 0 Å². The lowest BCUT2D eigenvalue weighted by Gasteiger charge is -2.47. The smallest absolute Gasteiger partial charge is 0.248 e. The number of hydrogen-bond acceptors (Lipinski definition) is 3. The van der Waals surface area contributed by atoms with E-state index in [0.717, 1.165) is 5.56 Å². The van der Waals surface area contributed by atoms with Crippen molar-refractivity contribution in [2.75, 3.05) is 0 Å². The lowest BCUT2D eigenvalue weighted by molar-refractivity contribution is -0.160. The number of thiophene rings is 1. The van der Waals surface area contributed by atoms with Crippen LogP contribution in [0.2, 0.25) is 0 Å². The molecule has 1 N–H and O–H groups in total. The van der Waals surface area contributed by atoms with Crippen molar-refractivity contribution in [3.8, 4) is 0 Å². The Morgan fingerprint density at radius 2 is 1.94 bits per heavy atom. The Hall–Kier alpha value is -1.36. The zero-order valence-electron chi connectivity index (χ0n) is 11.1. The van der Waals surface area contributed by atoms with Crippen LogP contribution in [0, 0.1) is 0 Å². The lowest BCUT2D eigenvalue weighted by Crippen LogP contribution is -2.71. The number of rotatable bonds is 2. The summed E-state index contributed by atoms with van der Waals surface area (Å²) in [6.07, 6.45) is 0. The molecule has 5 heteroatoms. The largest absolute Gasteiger partial charge is 0.340 e. The monoisotopic (exact) mass is 266 g/mol. The highest BCUT2D eigenvalue weighted by Crippen LogP contribution is 2.28. The van der Waals surface area contributed by atoms with Gasteiger partial charge in [-0.1, -0.05) is 0 Å². The predicted octanol–water partition coefficient (Wildman–Crippen LogP) is 1.76. The molecule has 98 valence electrons. The number of hydrogen-bond donors (Lipinski definition) is 1. The van der Waals surface area contributed by atoms with Gasteiger partial charge in [0.05, 0.1) is 0 Å². The Morgan fingerprint density at radius 1 is 1.28 bits per heavy atom. The van der Waals surface area contributed by atoms with Crippen LogP contribution in [-0.2, 0) is 16.1 Å². The quantitative estimate of drug-likeness (QED) is 0.887. The average molecular weight is 266 g/mol. The molecule has 0 atom stereocenters. The van der Waals surface area contributed by atoms with Crippen LogP contribution in [0.3, 0.4) is 0 Å². The molecule has 1 saturated heterocycles. The van der Waals surface area contributed by atoms with Gasteiger partial charge in [-0.15, -0.1) is 0 Å². The number of piperazine rings is 1. The maximum absolute atomic E-state index is 12.4. The van der Waals surface area contributed by atoms with Crippen molar-refractivity contribution in [1.82, 2.24) is 10.2 Å². The first-order valence-corrected chi connectivity index (χ1v) is 6.85. The molecule has 0 aromatic carbocycles. The molecule has 0 saturated carbocycles. The second-order valence-electron chi connectivity index (χ2n) is 5.66. The lowest BCUT2D eigenvalue weighted by atomic mass is 9.89. The third-order valence-electron chi connectivity index (χ3n) is 3.36. The summed E-state index contributed by atoms with van der Waals surface area (Å²) in [4.78, 5) is 26.2. The number of carbonyl (C=O) groups is 2. The van der Waals surface area contributed by atoms with Crippen LogP contribution in [0.1, 0.15) is 33.3 Å². The van der Waals surface area contributed by atoms with Crippen molar-refractivity contribution in [2.24, 2.45) is 0 Å². The molecule has 2 rings (SSSR count). The first kappa shape index (κ1) is 13.1. The first-order chi connectivity index (χ1) is 8.25. The Kier molecular flexibility index (Phi) is 2.97. The van der Waals surface area contributed by atoms with E-state index in [9.17, 15) is 9.59 Å². The third kappa shape index (κ3) is 2.03. The van der Waals surface area contributed by atoms with E-state index < -0.39 is 11.1 Å². The molecule has 18 heavy (non-hydrogen) atoms. The Labute approximate surface area is 111 Å². The second kappa shape index (κ2) is 4.09. The van der Waals surface area contributed by atoms with Crippen LogP contribution in [0.4, 0.5) is 0 Å². The van der Waals surface area contributed by atoms with Crippen LogP contribution in [0.5, 0.6) is 0 Å². The molecule has 0 radical (unpaired) electrons. The van der Waals surface area contributed by atoms with E-state index in [-0.39, 0.29) is 11.8 Å². The number of carbonyl (C=O) groups excluding carboxylic acids is 2. The fourth-order valence-electron chi connectivity index (χ4n) is 2.04. The first-order valence-electron chi connectivity index (χ1n) is 5.91. The molecule has 0 aliphatic carbocycles. The minimum atomic E-state index is -0.831. The topological polar surface area (TPSA) is 49.4 Å². The molecule has 2 amide bonds. The van der Waals surface area contributed by atoms with Gasteiger partial charge in [0.25, 0.3) is 0 Å². The van der Waals surface area contributed by atoms with E-state index >= 15 is 0 Å². The normalized spacial score (nSPS) is 21.9. The van der Waals surface area contributed by atoms with Crippen LogP contribution in [-0.4, -0.2) is 27.8 Å². The number of amides is 2. The van der Waals surface area contributed by atoms with Gasteiger partial charge in [-0.05, 0) is 50.1 Å². The molecule has 1 aliphatic rings. The van der Waals surface area contributed by atoms with E-state index in [1.807, 2.05) is 16.8 Å². The molecule has 1 aromatic rings. The summed E-state index contributed by atoms with van der Waals surface area (Å²) in [5.74, 6) is -0.152. The molecule has 0 unspecified atom stereocenters. The minimum Gasteiger partial charge on any atom is -0.340 e. The molecule has 0 bridgehead atoms. The van der Waals surface area contributed by atoms with E-state index in [1.165, 1.54) is 0 Å². The van der Waals surface area contributed by atoms with Crippen molar-refractivity contribution in [3.05, 3.63) is 22.4 Å². The molecule has 1 aromatic heterocycles. The highest BCUT2D eigenvalue weighted by Gasteiger charge is 2.49. The van der Waals surface area contributed by atoms with Gasteiger partial charge in [0.1, 0.15) is 11.1 Å². The van der Waals surface area contributed by atoms with Crippen molar-refractivity contribution in [3.63, 3.8) is 0 Å². The van der Waals surface area contributed by atoms with Gasteiger partial charge in [0, 0.05) is 6.54 Å². The molecule has 1 aliphatic heterocycles. The third-order valence-corrected chi connectivity index (χ3v) is 4.09. The highest BCUT2D eigenvalue weighted by atomic mass is 32.1. The van der Waals surface area contributed by atoms with Crippen molar-refractivity contribution in [2.45, 2.75) is 45.3 Å². The molecule has 0 spiro atoms. The fourth-order valence-corrected chi connectivity index (χ4v) is 2.70. The molecule has 4 nitrogen and oxygen atoms in total. The fraction of sp³-hybridized carbons (Fsp3) is 0.538. The van der Waals surface area contributed by atoms with Gasteiger partial charge in [-0.2, -0.15) is 11.3 Å².